The number of hydrogen-bond acceptors (Lipinski definition) is 7. The zero-order valence-electron chi connectivity index (χ0n) is 12.1. The Balaban J connectivity index is 2.28. The normalized spacial score (nSPS) is 11.1. The second-order valence-corrected chi connectivity index (χ2v) is 4.65. The summed E-state index contributed by atoms with van der Waals surface area (Å²) in [5.74, 6) is 0. The highest BCUT2D eigenvalue weighted by molar-refractivity contribution is 5.99. The Morgan fingerprint density at radius 3 is 2.30 bits per heavy atom. The van der Waals surface area contributed by atoms with Gasteiger partial charge in [0.1, 0.15) is 5.69 Å². The predicted octanol–water partition coefficient (Wildman–Crippen LogP) is 2.92. The lowest BCUT2D eigenvalue weighted by Gasteiger charge is -2.05. The SMILES string of the molecule is C/C(=N/Nc1ccc([N+](=O)[O-])cc1[N+](=O)[O-])c1ccc(N)cc1. The summed E-state index contributed by atoms with van der Waals surface area (Å²) in [6.45, 7) is 1.72. The Bertz CT molecular complexity index is 786. The number of anilines is 2. The standard InChI is InChI=1S/C14H13N5O4/c1-9(10-2-4-11(15)5-3-10)16-17-13-7-6-12(18(20)21)8-14(13)19(22)23/h2-8,17H,15H2,1H3/b16-9-. The second kappa shape index (κ2) is 6.52. The molecule has 0 saturated carbocycles. The number of nitro benzene ring substituents is 2. The van der Waals surface area contributed by atoms with Gasteiger partial charge in [-0.1, -0.05) is 12.1 Å². The lowest BCUT2D eigenvalue weighted by Crippen LogP contribution is -2.02. The molecule has 0 spiro atoms. The summed E-state index contributed by atoms with van der Waals surface area (Å²) in [6, 6.07) is 10.3. The molecule has 0 amide bonds. The smallest absolute Gasteiger partial charge is 0.301 e. The first kappa shape index (κ1) is 15.9. The van der Waals surface area contributed by atoms with Gasteiger partial charge in [-0.05, 0) is 30.7 Å². The van der Waals surface area contributed by atoms with Crippen LogP contribution in [0.5, 0.6) is 0 Å². The van der Waals surface area contributed by atoms with Crippen molar-refractivity contribution in [2.24, 2.45) is 5.10 Å². The second-order valence-electron chi connectivity index (χ2n) is 4.65. The van der Waals surface area contributed by atoms with Gasteiger partial charge in [0, 0.05) is 11.8 Å². The fourth-order valence-electron chi connectivity index (χ4n) is 1.81. The van der Waals surface area contributed by atoms with E-state index in [1.807, 2.05) is 0 Å². The number of nitrogens with two attached hydrogens (primary N) is 1. The molecule has 2 aromatic carbocycles. The third kappa shape index (κ3) is 3.79. The van der Waals surface area contributed by atoms with Gasteiger partial charge in [0.25, 0.3) is 5.69 Å². The number of nitro groups is 2. The van der Waals surface area contributed by atoms with Crippen LogP contribution in [-0.2, 0) is 0 Å². The van der Waals surface area contributed by atoms with Crippen molar-refractivity contribution in [1.29, 1.82) is 0 Å². The van der Waals surface area contributed by atoms with Gasteiger partial charge in [-0.2, -0.15) is 5.10 Å². The molecule has 0 aliphatic carbocycles. The number of benzene rings is 2. The summed E-state index contributed by atoms with van der Waals surface area (Å²) in [4.78, 5) is 20.3. The molecule has 0 atom stereocenters. The monoisotopic (exact) mass is 315 g/mol. The Morgan fingerprint density at radius 2 is 1.74 bits per heavy atom. The molecule has 0 aliphatic heterocycles. The van der Waals surface area contributed by atoms with E-state index in [0.29, 0.717) is 11.4 Å². The van der Waals surface area contributed by atoms with Gasteiger partial charge in [-0.3, -0.25) is 25.7 Å². The Hall–Kier alpha value is -3.49. The van der Waals surface area contributed by atoms with Gasteiger partial charge in [0.2, 0.25) is 0 Å². The molecular formula is C14H13N5O4. The van der Waals surface area contributed by atoms with E-state index in [1.54, 1.807) is 31.2 Å². The highest BCUT2D eigenvalue weighted by atomic mass is 16.6. The first-order valence-electron chi connectivity index (χ1n) is 6.47. The predicted molar refractivity (Wildman–Crippen MR) is 86.4 cm³/mol. The molecule has 0 radical (unpaired) electrons. The van der Waals surface area contributed by atoms with Crippen molar-refractivity contribution >= 4 is 28.5 Å². The Labute approximate surface area is 130 Å². The lowest BCUT2D eigenvalue weighted by molar-refractivity contribution is -0.393. The topological polar surface area (TPSA) is 137 Å². The summed E-state index contributed by atoms with van der Waals surface area (Å²) in [5.41, 5.74) is 9.43. The number of nitrogens with zero attached hydrogens (tertiary/aromatic N) is 3. The van der Waals surface area contributed by atoms with E-state index in [4.69, 9.17) is 5.73 Å². The fourth-order valence-corrected chi connectivity index (χ4v) is 1.81. The van der Waals surface area contributed by atoms with Crippen molar-refractivity contribution in [2.45, 2.75) is 6.92 Å². The molecule has 118 valence electrons. The van der Waals surface area contributed by atoms with Crippen LogP contribution in [0, 0.1) is 20.2 Å². The van der Waals surface area contributed by atoms with E-state index in [1.165, 1.54) is 12.1 Å². The van der Waals surface area contributed by atoms with Gasteiger partial charge in [-0.25, -0.2) is 0 Å². The molecule has 0 fully saturated rings. The molecule has 23 heavy (non-hydrogen) atoms. The number of nitrogen functional groups attached to an aromatic ring is 1. The lowest BCUT2D eigenvalue weighted by atomic mass is 10.1. The van der Waals surface area contributed by atoms with Crippen LogP contribution in [0.25, 0.3) is 0 Å². The molecule has 0 aliphatic rings. The van der Waals surface area contributed by atoms with Crippen molar-refractivity contribution in [1.82, 2.24) is 0 Å². The van der Waals surface area contributed by atoms with Crippen molar-refractivity contribution in [3.63, 3.8) is 0 Å². The van der Waals surface area contributed by atoms with Crippen LogP contribution in [-0.4, -0.2) is 15.6 Å². The molecule has 9 nitrogen and oxygen atoms in total. The van der Waals surface area contributed by atoms with Crippen molar-refractivity contribution in [3.05, 3.63) is 68.3 Å². The highest BCUT2D eigenvalue weighted by Gasteiger charge is 2.19. The minimum Gasteiger partial charge on any atom is -0.399 e. The molecule has 0 saturated heterocycles. The van der Waals surface area contributed by atoms with E-state index in [2.05, 4.69) is 10.5 Å². The summed E-state index contributed by atoms with van der Waals surface area (Å²) in [7, 11) is 0. The van der Waals surface area contributed by atoms with Gasteiger partial charge in [-0.15, -0.1) is 0 Å². The Kier molecular flexibility index (Phi) is 4.50. The molecule has 2 aromatic rings. The largest absolute Gasteiger partial charge is 0.399 e. The minimum atomic E-state index is -0.705. The van der Waals surface area contributed by atoms with Crippen LogP contribution < -0.4 is 11.2 Å². The molecule has 0 heterocycles. The fraction of sp³-hybridized carbons (Fsp3) is 0.0714. The molecule has 2 rings (SSSR count). The summed E-state index contributed by atoms with van der Waals surface area (Å²) in [6.07, 6.45) is 0. The number of rotatable bonds is 5. The number of hydrazone groups is 1. The third-order valence-electron chi connectivity index (χ3n) is 3.06. The molecule has 0 unspecified atom stereocenters. The minimum absolute atomic E-state index is 0.0652. The number of non-ortho nitro benzene ring substituents is 1. The van der Waals surface area contributed by atoms with Crippen LogP contribution in [0.1, 0.15) is 12.5 Å². The average Bonchev–Trinajstić information content (AvgIpc) is 2.52. The average molecular weight is 315 g/mol. The highest BCUT2D eigenvalue weighted by Crippen LogP contribution is 2.29. The quantitative estimate of drug-likeness (QED) is 0.376. The Morgan fingerprint density at radius 1 is 1.09 bits per heavy atom. The summed E-state index contributed by atoms with van der Waals surface area (Å²) < 4.78 is 0. The van der Waals surface area contributed by atoms with Crippen LogP contribution in [0.4, 0.5) is 22.7 Å². The van der Waals surface area contributed by atoms with E-state index in [-0.39, 0.29) is 11.4 Å². The van der Waals surface area contributed by atoms with Gasteiger partial charge < -0.3 is 5.73 Å². The third-order valence-corrected chi connectivity index (χ3v) is 3.06. The van der Waals surface area contributed by atoms with Crippen LogP contribution in [0.3, 0.4) is 0 Å². The zero-order chi connectivity index (χ0) is 17.0. The molecule has 9 heteroatoms. The maximum atomic E-state index is 11.0. The first-order chi connectivity index (χ1) is 10.9. The summed E-state index contributed by atoms with van der Waals surface area (Å²) >= 11 is 0. The van der Waals surface area contributed by atoms with Gasteiger partial charge in [0.15, 0.2) is 0 Å². The van der Waals surface area contributed by atoms with Gasteiger partial charge >= 0.3 is 5.69 Å². The number of hydrogen-bond donors (Lipinski definition) is 2. The van der Waals surface area contributed by atoms with E-state index in [0.717, 1.165) is 11.6 Å². The number of nitrogens with one attached hydrogen (secondary N) is 1. The van der Waals surface area contributed by atoms with E-state index in [9.17, 15) is 20.2 Å². The molecular weight excluding hydrogens is 302 g/mol. The molecule has 0 aromatic heterocycles. The van der Waals surface area contributed by atoms with E-state index >= 15 is 0 Å². The first-order valence-corrected chi connectivity index (χ1v) is 6.47. The van der Waals surface area contributed by atoms with E-state index < -0.39 is 15.5 Å². The molecule has 3 N–H and O–H groups in total. The van der Waals surface area contributed by atoms with Crippen molar-refractivity contribution in [2.75, 3.05) is 11.2 Å². The maximum Gasteiger partial charge on any atom is 0.301 e. The molecule has 0 bridgehead atoms. The maximum absolute atomic E-state index is 11.0. The van der Waals surface area contributed by atoms with Crippen molar-refractivity contribution < 1.29 is 9.85 Å². The van der Waals surface area contributed by atoms with Crippen LogP contribution >= 0.6 is 0 Å². The van der Waals surface area contributed by atoms with Gasteiger partial charge in [0.05, 0.1) is 21.6 Å². The van der Waals surface area contributed by atoms with Crippen LogP contribution in [0.15, 0.2) is 47.6 Å². The van der Waals surface area contributed by atoms with Crippen LogP contribution in [0.2, 0.25) is 0 Å². The van der Waals surface area contributed by atoms with Crippen molar-refractivity contribution in [3.8, 4) is 0 Å². The zero-order valence-corrected chi connectivity index (χ0v) is 12.1. The summed E-state index contributed by atoms with van der Waals surface area (Å²) in [5, 5.41) is 25.8.